The lowest BCUT2D eigenvalue weighted by Crippen LogP contribution is -2.03. The summed E-state index contributed by atoms with van der Waals surface area (Å²) in [6.45, 7) is 1.78. The van der Waals surface area contributed by atoms with Gasteiger partial charge in [0.2, 0.25) is 5.95 Å². The van der Waals surface area contributed by atoms with E-state index in [2.05, 4.69) is 15.3 Å². The molecule has 1 aromatic carbocycles. The van der Waals surface area contributed by atoms with E-state index >= 15 is 0 Å². The van der Waals surface area contributed by atoms with Crippen LogP contribution in [0.4, 0.5) is 4.39 Å². The summed E-state index contributed by atoms with van der Waals surface area (Å²) < 4.78 is 20.6. The summed E-state index contributed by atoms with van der Waals surface area (Å²) in [4.78, 5) is 15.4. The molecule has 118 valence electrons. The van der Waals surface area contributed by atoms with Crippen LogP contribution in [0.5, 0.6) is 0 Å². The fourth-order valence-electron chi connectivity index (χ4n) is 2.59. The molecule has 24 heavy (non-hydrogen) atoms. The molecule has 6 nitrogen and oxygen atoms in total. The van der Waals surface area contributed by atoms with E-state index in [0.717, 1.165) is 5.56 Å². The van der Waals surface area contributed by atoms with E-state index in [4.69, 9.17) is 4.42 Å². The number of aromatic nitrogens is 4. The largest absolute Gasteiger partial charge is 0.464 e. The van der Waals surface area contributed by atoms with Gasteiger partial charge < -0.3 is 4.42 Å². The lowest BCUT2D eigenvalue weighted by Gasteiger charge is -2.04. The molecule has 0 aliphatic heterocycles. The van der Waals surface area contributed by atoms with Crippen molar-refractivity contribution in [3.05, 3.63) is 70.7 Å². The third kappa shape index (κ3) is 2.18. The molecule has 0 aliphatic carbocycles. The van der Waals surface area contributed by atoms with Crippen LogP contribution in [0.3, 0.4) is 0 Å². The predicted molar refractivity (Wildman–Crippen MR) is 85.3 cm³/mol. The molecule has 0 N–H and O–H groups in total. The van der Waals surface area contributed by atoms with Crippen LogP contribution in [-0.4, -0.2) is 20.0 Å². The van der Waals surface area contributed by atoms with Crippen molar-refractivity contribution in [2.75, 3.05) is 0 Å². The van der Waals surface area contributed by atoms with Crippen molar-refractivity contribution >= 4 is 11.0 Å². The van der Waals surface area contributed by atoms with Crippen LogP contribution in [0.15, 0.2) is 58.1 Å². The number of pyridine rings is 1. The maximum Gasteiger partial charge on any atom is 0.238 e. The molecule has 0 fully saturated rings. The average Bonchev–Trinajstić information content (AvgIpc) is 2.97. The van der Waals surface area contributed by atoms with Crippen molar-refractivity contribution in [3.63, 3.8) is 0 Å². The fraction of sp³-hybridized carbons (Fsp3) is 0.0588. The quantitative estimate of drug-likeness (QED) is 0.531. The first-order valence-electron chi connectivity index (χ1n) is 7.20. The van der Waals surface area contributed by atoms with Gasteiger partial charge in [0.1, 0.15) is 17.0 Å². The molecular formula is C17H11FN4O2. The van der Waals surface area contributed by atoms with E-state index in [1.165, 1.54) is 23.2 Å². The first kappa shape index (κ1) is 14.3. The van der Waals surface area contributed by atoms with Crippen LogP contribution in [0.1, 0.15) is 5.69 Å². The topological polar surface area (TPSA) is 73.8 Å². The lowest BCUT2D eigenvalue weighted by atomic mass is 10.1. The second kappa shape index (κ2) is 5.38. The van der Waals surface area contributed by atoms with Crippen LogP contribution in [0.2, 0.25) is 0 Å². The summed E-state index contributed by atoms with van der Waals surface area (Å²) >= 11 is 0. The van der Waals surface area contributed by atoms with Crippen molar-refractivity contribution in [1.82, 2.24) is 20.0 Å². The van der Waals surface area contributed by atoms with E-state index in [9.17, 15) is 9.18 Å². The lowest BCUT2D eigenvalue weighted by molar-refractivity contribution is 0.564. The summed E-state index contributed by atoms with van der Waals surface area (Å²) in [6.07, 6.45) is 2.72. The summed E-state index contributed by atoms with van der Waals surface area (Å²) in [7, 11) is 0. The molecule has 4 aromatic rings. The Kier molecular flexibility index (Phi) is 3.19. The van der Waals surface area contributed by atoms with Crippen LogP contribution >= 0.6 is 0 Å². The molecule has 0 spiro atoms. The SMILES string of the molecule is Cc1c(-c2ccc3c(=O)ccoc3c2)nnn1-c1cccnc1F. The zero-order valence-electron chi connectivity index (χ0n) is 12.6. The highest BCUT2D eigenvalue weighted by molar-refractivity contribution is 5.82. The number of rotatable bonds is 2. The Bertz CT molecular complexity index is 1120. The van der Waals surface area contributed by atoms with Gasteiger partial charge in [-0.2, -0.15) is 4.39 Å². The average molecular weight is 322 g/mol. The van der Waals surface area contributed by atoms with Gasteiger partial charge >= 0.3 is 0 Å². The van der Waals surface area contributed by atoms with Crippen LogP contribution in [0, 0.1) is 12.9 Å². The minimum Gasteiger partial charge on any atom is -0.464 e. The van der Waals surface area contributed by atoms with E-state index < -0.39 is 5.95 Å². The number of fused-ring (bicyclic) bond motifs is 1. The van der Waals surface area contributed by atoms with Crippen molar-refractivity contribution in [1.29, 1.82) is 0 Å². The fourth-order valence-corrected chi connectivity index (χ4v) is 2.59. The Morgan fingerprint density at radius 1 is 1.21 bits per heavy atom. The molecule has 3 aromatic heterocycles. The Morgan fingerprint density at radius 3 is 2.92 bits per heavy atom. The van der Waals surface area contributed by atoms with E-state index in [0.29, 0.717) is 22.4 Å². The Morgan fingerprint density at radius 2 is 2.08 bits per heavy atom. The highest BCUT2D eigenvalue weighted by atomic mass is 19.1. The van der Waals surface area contributed by atoms with E-state index in [1.807, 2.05) is 0 Å². The number of hydrogen-bond donors (Lipinski definition) is 0. The number of hydrogen-bond acceptors (Lipinski definition) is 5. The minimum atomic E-state index is -0.624. The van der Waals surface area contributed by atoms with Gasteiger partial charge in [-0.3, -0.25) is 4.79 Å². The van der Waals surface area contributed by atoms with Gasteiger partial charge in [-0.05, 0) is 31.2 Å². The highest BCUT2D eigenvalue weighted by Gasteiger charge is 2.15. The molecule has 7 heteroatoms. The Balaban J connectivity index is 1.87. The van der Waals surface area contributed by atoms with Crippen molar-refractivity contribution in [2.24, 2.45) is 0 Å². The molecule has 0 saturated heterocycles. The van der Waals surface area contributed by atoms with Crippen LogP contribution in [-0.2, 0) is 0 Å². The summed E-state index contributed by atoms with van der Waals surface area (Å²) in [6, 6.07) is 9.74. The predicted octanol–water partition coefficient (Wildman–Crippen LogP) is 2.88. The van der Waals surface area contributed by atoms with Crippen molar-refractivity contribution in [3.8, 4) is 16.9 Å². The normalized spacial score (nSPS) is 11.1. The van der Waals surface area contributed by atoms with Gasteiger partial charge in [-0.1, -0.05) is 11.3 Å². The molecular weight excluding hydrogens is 311 g/mol. The second-order valence-electron chi connectivity index (χ2n) is 5.24. The molecule has 0 atom stereocenters. The molecule has 0 amide bonds. The Hall–Kier alpha value is -3.35. The highest BCUT2D eigenvalue weighted by Crippen LogP contribution is 2.25. The first-order chi connectivity index (χ1) is 11.6. The van der Waals surface area contributed by atoms with Gasteiger partial charge in [-0.25, -0.2) is 9.67 Å². The Labute approximate surface area is 135 Å². The van der Waals surface area contributed by atoms with Gasteiger partial charge in [0.25, 0.3) is 0 Å². The number of nitrogens with zero attached hydrogens (tertiary/aromatic N) is 4. The van der Waals surface area contributed by atoms with E-state index in [-0.39, 0.29) is 11.1 Å². The summed E-state index contributed by atoms with van der Waals surface area (Å²) in [5.74, 6) is -0.624. The summed E-state index contributed by atoms with van der Waals surface area (Å²) in [5.41, 5.74) is 2.53. The van der Waals surface area contributed by atoms with Gasteiger partial charge in [0.15, 0.2) is 5.43 Å². The van der Waals surface area contributed by atoms with Gasteiger partial charge in [0.05, 0.1) is 17.3 Å². The smallest absolute Gasteiger partial charge is 0.238 e. The third-order valence-corrected chi connectivity index (χ3v) is 3.80. The molecule has 0 unspecified atom stereocenters. The summed E-state index contributed by atoms with van der Waals surface area (Å²) in [5, 5.41) is 8.64. The van der Waals surface area contributed by atoms with Gasteiger partial charge in [0, 0.05) is 17.8 Å². The molecule has 3 heterocycles. The van der Waals surface area contributed by atoms with E-state index in [1.54, 1.807) is 37.3 Å². The molecule has 4 rings (SSSR count). The van der Waals surface area contributed by atoms with Crippen LogP contribution in [0.25, 0.3) is 27.9 Å². The zero-order valence-corrected chi connectivity index (χ0v) is 12.6. The molecule has 0 saturated carbocycles. The monoisotopic (exact) mass is 322 g/mol. The number of halogens is 1. The van der Waals surface area contributed by atoms with Crippen LogP contribution < -0.4 is 5.43 Å². The standard InChI is InChI=1S/C17H11FN4O2/c1-10-16(20-21-22(10)13-3-2-7-19-17(13)18)11-4-5-12-14(23)6-8-24-15(12)9-11/h2-9H,1H3. The zero-order chi connectivity index (χ0) is 16.7. The maximum absolute atomic E-state index is 13.9. The second-order valence-corrected chi connectivity index (χ2v) is 5.24. The third-order valence-electron chi connectivity index (χ3n) is 3.80. The van der Waals surface area contributed by atoms with Crippen molar-refractivity contribution < 1.29 is 8.81 Å². The minimum absolute atomic E-state index is 0.111. The van der Waals surface area contributed by atoms with Crippen molar-refractivity contribution in [2.45, 2.75) is 6.92 Å². The molecule has 0 radical (unpaired) electrons. The molecule has 0 bridgehead atoms. The van der Waals surface area contributed by atoms with Gasteiger partial charge in [-0.15, -0.1) is 5.10 Å². The number of benzene rings is 1. The molecule has 0 aliphatic rings. The maximum atomic E-state index is 13.9. The first-order valence-corrected chi connectivity index (χ1v) is 7.20.